The highest BCUT2D eigenvalue weighted by molar-refractivity contribution is 6.05. The molecule has 1 aromatic carbocycles. The molecule has 0 aliphatic carbocycles. The van der Waals surface area contributed by atoms with E-state index in [0.29, 0.717) is 37.3 Å². The van der Waals surface area contributed by atoms with Crippen molar-refractivity contribution < 1.29 is 14.4 Å². The van der Waals surface area contributed by atoms with Crippen LogP contribution in [0, 0.1) is 5.92 Å². The molecule has 170 valence electrons. The summed E-state index contributed by atoms with van der Waals surface area (Å²) in [7, 11) is 0. The van der Waals surface area contributed by atoms with E-state index in [1.54, 1.807) is 23.0 Å². The summed E-state index contributed by atoms with van der Waals surface area (Å²) in [6, 6.07) is 7.27. The summed E-state index contributed by atoms with van der Waals surface area (Å²) in [5.74, 6) is -0.292. The van der Waals surface area contributed by atoms with Crippen molar-refractivity contribution in [3.8, 4) is 0 Å². The lowest BCUT2D eigenvalue weighted by molar-refractivity contribution is -0.122. The van der Waals surface area contributed by atoms with E-state index in [1.807, 2.05) is 12.1 Å². The van der Waals surface area contributed by atoms with Gasteiger partial charge in [0.2, 0.25) is 5.91 Å². The number of carbonyl (C=O) groups excluding carboxylic acids is 3. The van der Waals surface area contributed by atoms with Crippen LogP contribution in [0.3, 0.4) is 0 Å². The molecule has 3 amide bonds. The third-order valence-corrected chi connectivity index (χ3v) is 5.29. The lowest BCUT2D eigenvalue weighted by atomic mass is 9.99. The van der Waals surface area contributed by atoms with Gasteiger partial charge in [0.15, 0.2) is 11.5 Å². The van der Waals surface area contributed by atoms with Crippen LogP contribution in [0.1, 0.15) is 39.3 Å². The number of anilines is 2. The Bertz CT molecular complexity index is 1170. The molecule has 1 saturated heterocycles. The first-order chi connectivity index (χ1) is 16.0. The summed E-state index contributed by atoms with van der Waals surface area (Å²) in [4.78, 5) is 43.9. The van der Waals surface area contributed by atoms with Crippen LogP contribution in [0.4, 0.5) is 11.5 Å². The molecule has 11 nitrogen and oxygen atoms in total. The minimum Gasteiger partial charge on any atom is -0.382 e. The third kappa shape index (κ3) is 5.70. The highest BCUT2D eigenvalue weighted by Crippen LogP contribution is 2.13. The van der Waals surface area contributed by atoms with Crippen molar-refractivity contribution in [3.05, 3.63) is 65.9 Å². The van der Waals surface area contributed by atoms with Gasteiger partial charge in [-0.05, 0) is 30.0 Å². The van der Waals surface area contributed by atoms with Gasteiger partial charge in [0.25, 0.3) is 11.8 Å². The van der Waals surface area contributed by atoms with E-state index in [2.05, 4.69) is 31.0 Å². The van der Waals surface area contributed by atoms with E-state index in [4.69, 9.17) is 5.73 Å². The second-order valence-corrected chi connectivity index (χ2v) is 7.79. The Labute approximate surface area is 189 Å². The van der Waals surface area contributed by atoms with E-state index in [9.17, 15) is 14.4 Å². The molecule has 1 aliphatic heterocycles. The molecule has 1 atom stereocenters. The summed E-state index contributed by atoms with van der Waals surface area (Å²) in [6.45, 7) is 1.52. The van der Waals surface area contributed by atoms with Gasteiger partial charge < -0.3 is 21.7 Å². The molecule has 0 bridgehead atoms. The fourth-order valence-corrected chi connectivity index (χ4v) is 3.52. The molecule has 0 radical (unpaired) electrons. The van der Waals surface area contributed by atoms with Crippen molar-refractivity contribution in [2.75, 3.05) is 24.1 Å². The smallest absolute Gasteiger partial charge is 0.278 e. The lowest BCUT2D eigenvalue weighted by Crippen LogP contribution is -2.40. The van der Waals surface area contributed by atoms with E-state index in [-0.39, 0.29) is 29.2 Å². The normalized spacial score (nSPS) is 15.5. The maximum absolute atomic E-state index is 12.6. The number of rotatable bonds is 7. The van der Waals surface area contributed by atoms with Gasteiger partial charge >= 0.3 is 0 Å². The van der Waals surface area contributed by atoms with Crippen molar-refractivity contribution in [2.24, 2.45) is 5.92 Å². The summed E-state index contributed by atoms with van der Waals surface area (Å²) in [5.41, 5.74) is 7.64. The molecule has 3 aromatic rings. The maximum Gasteiger partial charge on any atom is 0.278 e. The zero-order chi connectivity index (χ0) is 23.2. The minimum atomic E-state index is -0.476. The number of carbonyl (C=O) groups is 3. The van der Waals surface area contributed by atoms with Crippen LogP contribution >= 0.6 is 0 Å². The van der Waals surface area contributed by atoms with Gasteiger partial charge in [-0.15, -0.1) is 0 Å². The zero-order valence-corrected chi connectivity index (χ0v) is 17.8. The van der Waals surface area contributed by atoms with Crippen LogP contribution in [0.5, 0.6) is 0 Å². The Balaban J connectivity index is 1.33. The molecule has 4 rings (SSSR count). The maximum atomic E-state index is 12.6. The van der Waals surface area contributed by atoms with E-state index < -0.39 is 5.91 Å². The Kier molecular flexibility index (Phi) is 6.58. The number of piperidine rings is 1. The molecule has 3 heterocycles. The van der Waals surface area contributed by atoms with Crippen LogP contribution in [0.15, 0.2) is 49.1 Å². The third-order valence-electron chi connectivity index (χ3n) is 5.29. The van der Waals surface area contributed by atoms with Gasteiger partial charge in [-0.2, -0.15) is 5.10 Å². The number of nitrogens with one attached hydrogen (secondary N) is 3. The van der Waals surface area contributed by atoms with Crippen LogP contribution in [0.25, 0.3) is 0 Å². The average molecular weight is 448 g/mol. The van der Waals surface area contributed by atoms with Crippen LogP contribution < -0.4 is 21.7 Å². The largest absolute Gasteiger partial charge is 0.382 e. The number of aromatic nitrogens is 4. The number of amides is 3. The first-order valence-electron chi connectivity index (χ1n) is 10.5. The number of nitrogens with two attached hydrogens (primary N) is 1. The quantitative estimate of drug-likeness (QED) is 0.416. The highest BCUT2D eigenvalue weighted by atomic mass is 16.2. The number of hydrogen-bond acceptors (Lipinski definition) is 7. The Hall–Kier alpha value is -4.28. The summed E-state index contributed by atoms with van der Waals surface area (Å²) in [6.07, 6.45) is 7.26. The lowest BCUT2D eigenvalue weighted by Gasteiger charge is -2.22. The van der Waals surface area contributed by atoms with Gasteiger partial charge in [0.1, 0.15) is 0 Å². The first kappa shape index (κ1) is 21.9. The summed E-state index contributed by atoms with van der Waals surface area (Å²) >= 11 is 0. The Morgan fingerprint density at radius 1 is 1.21 bits per heavy atom. The van der Waals surface area contributed by atoms with Gasteiger partial charge in [0, 0.05) is 43.7 Å². The molecule has 5 N–H and O–H groups in total. The van der Waals surface area contributed by atoms with Crippen LogP contribution in [0.2, 0.25) is 0 Å². The molecular weight excluding hydrogens is 424 g/mol. The standard InChI is InChI=1S/C22H24N8O3/c23-20-19(24-6-7-25-20)22(33)29-17-11-28-30(13-17)12-14-2-1-3-16(8-14)21(32)27-10-15-4-5-18(31)26-9-15/h1-3,6-8,11,13,15H,4-5,9-10,12H2,(H2,23,25)(H,26,31)(H,27,32)(H,29,33). The topological polar surface area (TPSA) is 157 Å². The molecule has 1 aliphatic rings. The average Bonchev–Trinajstić information content (AvgIpc) is 3.25. The molecule has 1 fully saturated rings. The van der Waals surface area contributed by atoms with Crippen LogP contribution in [-0.4, -0.2) is 50.6 Å². The second-order valence-electron chi connectivity index (χ2n) is 7.79. The number of nitrogens with zero attached hydrogens (tertiary/aromatic N) is 4. The zero-order valence-electron chi connectivity index (χ0n) is 17.8. The molecule has 1 unspecified atom stereocenters. The molecule has 0 spiro atoms. The van der Waals surface area contributed by atoms with Crippen LogP contribution in [-0.2, 0) is 11.3 Å². The van der Waals surface area contributed by atoms with Crippen molar-refractivity contribution in [1.29, 1.82) is 0 Å². The molecule has 0 saturated carbocycles. The Morgan fingerprint density at radius 3 is 2.85 bits per heavy atom. The van der Waals surface area contributed by atoms with E-state index in [0.717, 1.165) is 12.0 Å². The van der Waals surface area contributed by atoms with E-state index in [1.165, 1.54) is 18.6 Å². The van der Waals surface area contributed by atoms with Crippen molar-refractivity contribution >= 4 is 29.2 Å². The molecule has 11 heteroatoms. The summed E-state index contributed by atoms with van der Waals surface area (Å²) in [5, 5.41) is 12.7. The number of hydrogen-bond donors (Lipinski definition) is 4. The fourth-order valence-electron chi connectivity index (χ4n) is 3.52. The highest BCUT2D eigenvalue weighted by Gasteiger charge is 2.19. The van der Waals surface area contributed by atoms with Gasteiger partial charge in [0.05, 0.1) is 18.4 Å². The number of benzene rings is 1. The van der Waals surface area contributed by atoms with Gasteiger partial charge in [-0.1, -0.05) is 12.1 Å². The minimum absolute atomic E-state index is 0.0413. The molecular formula is C22H24N8O3. The molecule has 33 heavy (non-hydrogen) atoms. The second kappa shape index (κ2) is 9.90. The van der Waals surface area contributed by atoms with Crippen molar-refractivity contribution in [2.45, 2.75) is 19.4 Å². The van der Waals surface area contributed by atoms with Crippen molar-refractivity contribution in [1.82, 2.24) is 30.4 Å². The van der Waals surface area contributed by atoms with Gasteiger partial charge in [-0.25, -0.2) is 9.97 Å². The van der Waals surface area contributed by atoms with E-state index >= 15 is 0 Å². The Morgan fingerprint density at radius 2 is 2.06 bits per heavy atom. The van der Waals surface area contributed by atoms with Gasteiger partial charge in [-0.3, -0.25) is 19.1 Å². The monoisotopic (exact) mass is 448 g/mol. The predicted octanol–water partition coefficient (Wildman–Crippen LogP) is 0.812. The SMILES string of the molecule is Nc1nccnc1C(=O)Nc1cnn(Cc2cccc(C(=O)NCC3CCC(=O)NC3)c2)c1. The molecule has 2 aromatic heterocycles. The van der Waals surface area contributed by atoms with Crippen molar-refractivity contribution in [3.63, 3.8) is 0 Å². The number of nitrogen functional groups attached to an aromatic ring is 1. The summed E-state index contributed by atoms with van der Waals surface area (Å²) < 4.78 is 1.65. The first-order valence-corrected chi connectivity index (χ1v) is 10.5. The predicted molar refractivity (Wildman–Crippen MR) is 120 cm³/mol. The fraction of sp³-hybridized carbons (Fsp3) is 0.273.